The van der Waals surface area contributed by atoms with Crippen LogP contribution in [0.15, 0.2) is 82.8 Å². The van der Waals surface area contributed by atoms with Gasteiger partial charge in [0.05, 0.1) is 13.1 Å². The SMILES string of the molecule is O=C(NCc1ccc(C2=NCCN2)cc1)c1ccc(C(=O)NCc2ccc(C3=NCCN3)cc2)cc1. The number of carbonyl (C=O) groups excluding carboxylic acids is 2. The number of nitrogens with zero attached hydrogens (tertiary/aromatic N) is 2. The first-order valence-electron chi connectivity index (χ1n) is 12.1. The molecule has 2 heterocycles. The highest BCUT2D eigenvalue weighted by Gasteiger charge is 2.11. The minimum Gasteiger partial charge on any atom is -0.368 e. The molecule has 0 unspecified atom stereocenters. The van der Waals surface area contributed by atoms with Crippen LogP contribution in [0.4, 0.5) is 0 Å². The van der Waals surface area contributed by atoms with Gasteiger partial charge in [-0.25, -0.2) is 0 Å². The van der Waals surface area contributed by atoms with Crippen LogP contribution in [-0.2, 0) is 13.1 Å². The second kappa shape index (κ2) is 10.9. The molecular weight excluding hydrogens is 452 g/mol. The molecule has 4 N–H and O–H groups in total. The highest BCUT2D eigenvalue weighted by Crippen LogP contribution is 2.10. The molecule has 3 aromatic rings. The lowest BCUT2D eigenvalue weighted by molar-refractivity contribution is 0.0939. The first-order valence-corrected chi connectivity index (χ1v) is 12.1. The maximum atomic E-state index is 12.6. The van der Waals surface area contributed by atoms with Gasteiger partial charge in [-0.2, -0.15) is 0 Å². The molecule has 0 spiro atoms. The fourth-order valence-electron chi connectivity index (χ4n) is 4.09. The number of hydrogen-bond acceptors (Lipinski definition) is 6. The molecule has 0 fully saturated rings. The van der Waals surface area contributed by atoms with Crippen LogP contribution in [0.25, 0.3) is 0 Å². The Labute approximate surface area is 209 Å². The number of carbonyl (C=O) groups is 2. The number of benzene rings is 3. The van der Waals surface area contributed by atoms with Crippen molar-refractivity contribution in [1.29, 1.82) is 0 Å². The summed E-state index contributed by atoms with van der Waals surface area (Å²) in [6.45, 7) is 4.19. The Bertz CT molecular complexity index is 1190. The van der Waals surface area contributed by atoms with Crippen molar-refractivity contribution < 1.29 is 9.59 Å². The van der Waals surface area contributed by atoms with Crippen LogP contribution in [0.2, 0.25) is 0 Å². The molecule has 0 bridgehead atoms. The Morgan fingerprint density at radius 2 is 1.00 bits per heavy atom. The average molecular weight is 481 g/mol. The number of aliphatic imine (C=N–C) groups is 2. The molecule has 0 saturated heterocycles. The lowest BCUT2D eigenvalue weighted by Crippen LogP contribution is -2.24. The topological polar surface area (TPSA) is 107 Å². The normalized spacial score (nSPS) is 14.3. The van der Waals surface area contributed by atoms with E-state index in [1.807, 2.05) is 48.5 Å². The molecule has 0 saturated carbocycles. The largest absolute Gasteiger partial charge is 0.368 e. The fraction of sp³-hybridized carbons (Fsp3) is 0.214. The summed E-state index contributed by atoms with van der Waals surface area (Å²) in [5.41, 5.74) is 5.11. The molecule has 3 aromatic carbocycles. The quantitative estimate of drug-likeness (QED) is 0.397. The van der Waals surface area contributed by atoms with Crippen LogP contribution in [0.5, 0.6) is 0 Å². The van der Waals surface area contributed by atoms with Gasteiger partial charge in [-0.3, -0.25) is 19.6 Å². The van der Waals surface area contributed by atoms with E-state index in [2.05, 4.69) is 31.3 Å². The van der Waals surface area contributed by atoms with Gasteiger partial charge in [-0.05, 0) is 35.4 Å². The Kier molecular flexibility index (Phi) is 7.02. The molecule has 8 nitrogen and oxygen atoms in total. The molecule has 8 heteroatoms. The van der Waals surface area contributed by atoms with E-state index in [9.17, 15) is 9.59 Å². The van der Waals surface area contributed by atoms with E-state index >= 15 is 0 Å². The highest BCUT2D eigenvalue weighted by molar-refractivity contribution is 6.00. The van der Waals surface area contributed by atoms with Crippen molar-refractivity contribution in [2.24, 2.45) is 9.98 Å². The van der Waals surface area contributed by atoms with Crippen molar-refractivity contribution in [2.45, 2.75) is 13.1 Å². The number of rotatable bonds is 8. The summed E-state index contributed by atoms with van der Waals surface area (Å²) in [5, 5.41) is 12.4. The van der Waals surface area contributed by atoms with Crippen molar-refractivity contribution in [3.63, 3.8) is 0 Å². The van der Waals surface area contributed by atoms with Crippen LogP contribution in [0.3, 0.4) is 0 Å². The predicted octanol–water partition coefficient (Wildman–Crippen LogP) is 2.25. The highest BCUT2D eigenvalue weighted by atomic mass is 16.2. The van der Waals surface area contributed by atoms with Gasteiger partial charge in [-0.1, -0.05) is 48.5 Å². The van der Waals surface area contributed by atoms with Crippen molar-refractivity contribution in [1.82, 2.24) is 21.3 Å². The molecule has 0 radical (unpaired) electrons. The van der Waals surface area contributed by atoms with Crippen LogP contribution < -0.4 is 21.3 Å². The van der Waals surface area contributed by atoms with Gasteiger partial charge < -0.3 is 21.3 Å². The Balaban J connectivity index is 1.10. The third kappa shape index (κ3) is 5.60. The molecule has 182 valence electrons. The van der Waals surface area contributed by atoms with Crippen molar-refractivity contribution >= 4 is 23.5 Å². The van der Waals surface area contributed by atoms with Gasteiger partial charge in [0.15, 0.2) is 0 Å². The summed E-state index contributed by atoms with van der Waals surface area (Å²) in [5.74, 6) is 1.46. The second-order valence-corrected chi connectivity index (χ2v) is 8.65. The Morgan fingerprint density at radius 1 is 0.611 bits per heavy atom. The molecule has 0 aliphatic carbocycles. The number of amidine groups is 2. The molecule has 2 aliphatic heterocycles. The van der Waals surface area contributed by atoms with Gasteiger partial charge >= 0.3 is 0 Å². The first kappa shape index (κ1) is 23.3. The predicted molar refractivity (Wildman–Crippen MR) is 140 cm³/mol. The lowest BCUT2D eigenvalue weighted by atomic mass is 10.1. The van der Waals surface area contributed by atoms with Crippen molar-refractivity contribution in [3.05, 3.63) is 106 Å². The smallest absolute Gasteiger partial charge is 0.251 e. The van der Waals surface area contributed by atoms with Gasteiger partial charge in [0, 0.05) is 48.4 Å². The first-order chi connectivity index (χ1) is 17.7. The molecule has 36 heavy (non-hydrogen) atoms. The van der Waals surface area contributed by atoms with Crippen LogP contribution in [-0.4, -0.2) is 49.7 Å². The molecule has 2 amide bonds. The zero-order valence-corrected chi connectivity index (χ0v) is 19.9. The van der Waals surface area contributed by atoms with E-state index in [0.29, 0.717) is 24.2 Å². The van der Waals surface area contributed by atoms with E-state index in [0.717, 1.165) is 60.1 Å². The van der Waals surface area contributed by atoms with Gasteiger partial charge in [-0.15, -0.1) is 0 Å². The summed E-state index contributed by atoms with van der Waals surface area (Å²) in [6, 6.07) is 22.6. The summed E-state index contributed by atoms with van der Waals surface area (Å²) < 4.78 is 0. The average Bonchev–Trinajstić information content (AvgIpc) is 3.66. The van der Waals surface area contributed by atoms with Crippen LogP contribution in [0, 0.1) is 0 Å². The van der Waals surface area contributed by atoms with E-state index in [1.54, 1.807) is 24.3 Å². The fourth-order valence-corrected chi connectivity index (χ4v) is 4.09. The summed E-state index contributed by atoms with van der Waals surface area (Å²) in [6.07, 6.45) is 0. The maximum absolute atomic E-state index is 12.6. The van der Waals surface area contributed by atoms with E-state index in [1.165, 1.54) is 0 Å². The zero-order chi connectivity index (χ0) is 24.7. The van der Waals surface area contributed by atoms with Crippen LogP contribution >= 0.6 is 0 Å². The molecule has 0 aromatic heterocycles. The number of hydrogen-bond donors (Lipinski definition) is 4. The van der Waals surface area contributed by atoms with Crippen molar-refractivity contribution in [3.8, 4) is 0 Å². The third-order valence-electron chi connectivity index (χ3n) is 6.12. The standard InChI is InChI=1S/C28H28N6O2/c35-27(33-17-19-1-5-21(6-2-19)25-29-13-14-30-25)23-9-11-24(12-10-23)28(36)34-18-20-3-7-22(8-4-20)26-31-15-16-32-26/h1-12H,13-18H2,(H,29,30)(H,31,32)(H,33,35)(H,34,36). The van der Waals surface area contributed by atoms with E-state index in [4.69, 9.17) is 0 Å². The van der Waals surface area contributed by atoms with E-state index in [-0.39, 0.29) is 11.8 Å². The number of amides is 2. The minimum atomic E-state index is -0.186. The minimum absolute atomic E-state index is 0.186. The molecule has 0 atom stereocenters. The van der Waals surface area contributed by atoms with Crippen molar-refractivity contribution in [2.75, 3.05) is 26.2 Å². The molecule has 5 rings (SSSR count). The summed E-state index contributed by atoms with van der Waals surface area (Å²) in [7, 11) is 0. The summed E-state index contributed by atoms with van der Waals surface area (Å²) >= 11 is 0. The second-order valence-electron chi connectivity index (χ2n) is 8.65. The molecule has 2 aliphatic rings. The number of nitrogens with one attached hydrogen (secondary N) is 4. The van der Waals surface area contributed by atoms with Gasteiger partial charge in [0.2, 0.25) is 0 Å². The Hall–Kier alpha value is -4.46. The third-order valence-corrected chi connectivity index (χ3v) is 6.12. The zero-order valence-electron chi connectivity index (χ0n) is 19.9. The monoisotopic (exact) mass is 480 g/mol. The molecular formula is C28H28N6O2. The Morgan fingerprint density at radius 3 is 1.33 bits per heavy atom. The summed E-state index contributed by atoms with van der Waals surface area (Å²) in [4.78, 5) is 33.9. The van der Waals surface area contributed by atoms with Crippen LogP contribution in [0.1, 0.15) is 43.0 Å². The van der Waals surface area contributed by atoms with E-state index < -0.39 is 0 Å². The van der Waals surface area contributed by atoms with Gasteiger partial charge in [0.25, 0.3) is 11.8 Å². The lowest BCUT2D eigenvalue weighted by Gasteiger charge is -2.09. The van der Waals surface area contributed by atoms with Gasteiger partial charge in [0.1, 0.15) is 11.7 Å². The maximum Gasteiger partial charge on any atom is 0.251 e.